The first-order valence-corrected chi connectivity index (χ1v) is 9.67. The van der Waals surface area contributed by atoms with Crippen LogP contribution in [0.15, 0.2) is 22.7 Å². The number of ether oxygens (including phenoxy) is 1. The lowest BCUT2D eigenvalue weighted by molar-refractivity contribution is -0.134. The molecule has 0 saturated carbocycles. The first kappa shape index (κ1) is 18.0. The fourth-order valence-electron chi connectivity index (χ4n) is 4.01. The molecule has 27 heavy (non-hydrogen) atoms. The smallest absolute Gasteiger partial charge is 0.230 e. The van der Waals surface area contributed by atoms with E-state index < -0.39 is 0 Å². The average molecular weight is 370 g/mol. The highest BCUT2D eigenvalue weighted by Crippen LogP contribution is 2.36. The lowest BCUT2D eigenvalue weighted by Crippen LogP contribution is -2.49. The largest absolute Gasteiger partial charge is 0.497 e. The number of benzene rings is 1. The van der Waals surface area contributed by atoms with Gasteiger partial charge in [-0.1, -0.05) is 18.1 Å². The van der Waals surface area contributed by atoms with E-state index in [-0.39, 0.29) is 11.8 Å². The number of fused-ring (bicyclic) bond motifs is 1. The van der Waals surface area contributed by atoms with Crippen LogP contribution in [0.25, 0.3) is 0 Å². The van der Waals surface area contributed by atoms with Gasteiger partial charge in [-0.25, -0.2) is 0 Å². The second-order valence-corrected chi connectivity index (χ2v) is 7.22. The van der Waals surface area contributed by atoms with Crippen molar-refractivity contribution < 1.29 is 14.1 Å². The van der Waals surface area contributed by atoms with Gasteiger partial charge in [-0.15, -0.1) is 0 Å². The SMILES string of the molecule is CCc1nc(CN2CCN(C(=O)C3CCc4ccc(OC)cc43)CC2)no1. The maximum Gasteiger partial charge on any atom is 0.230 e. The van der Waals surface area contributed by atoms with E-state index >= 15 is 0 Å². The fraction of sp³-hybridized carbons (Fsp3) is 0.550. The Morgan fingerprint density at radius 3 is 2.81 bits per heavy atom. The summed E-state index contributed by atoms with van der Waals surface area (Å²) in [5, 5.41) is 4.02. The number of hydrogen-bond donors (Lipinski definition) is 0. The monoisotopic (exact) mass is 370 g/mol. The lowest BCUT2D eigenvalue weighted by Gasteiger charge is -2.35. The van der Waals surface area contributed by atoms with Gasteiger partial charge in [-0.2, -0.15) is 4.98 Å². The van der Waals surface area contributed by atoms with Crippen molar-refractivity contribution >= 4 is 5.91 Å². The molecule has 144 valence electrons. The highest BCUT2D eigenvalue weighted by molar-refractivity contribution is 5.85. The third kappa shape index (κ3) is 3.69. The number of amides is 1. The Morgan fingerprint density at radius 1 is 1.30 bits per heavy atom. The van der Waals surface area contributed by atoms with E-state index in [0.29, 0.717) is 12.4 Å². The van der Waals surface area contributed by atoms with Crippen LogP contribution < -0.4 is 4.74 Å². The molecule has 1 unspecified atom stereocenters. The molecule has 2 heterocycles. The molecule has 7 nitrogen and oxygen atoms in total. The summed E-state index contributed by atoms with van der Waals surface area (Å²) in [6, 6.07) is 6.10. The Morgan fingerprint density at radius 2 is 2.11 bits per heavy atom. The van der Waals surface area contributed by atoms with E-state index in [2.05, 4.69) is 21.1 Å². The molecule has 1 saturated heterocycles. The summed E-state index contributed by atoms with van der Waals surface area (Å²) in [6.07, 6.45) is 2.61. The number of methoxy groups -OCH3 is 1. The predicted molar refractivity (Wildman–Crippen MR) is 99.6 cm³/mol. The molecule has 1 fully saturated rings. The van der Waals surface area contributed by atoms with Gasteiger partial charge in [0.15, 0.2) is 5.82 Å². The predicted octanol–water partition coefficient (Wildman–Crippen LogP) is 2.01. The first-order valence-electron chi connectivity index (χ1n) is 9.67. The Hall–Kier alpha value is -2.41. The molecule has 0 radical (unpaired) electrons. The normalized spacial score (nSPS) is 19.9. The van der Waals surface area contributed by atoms with E-state index in [1.54, 1.807) is 7.11 Å². The van der Waals surface area contributed by atoms with Crippen LogP contribution in [0.5, 0.6) is 5.75 Å². The molecule has 1 aliphatic carbocycles. The molecule has 0 bridgehead atoms. The van der Waals surface area contributed by atoms with Crippen molar-refractivity contribution in [1.29, 1.82) is 0 Å². The number of piperazine rings is 1. The summed E-state index contributed by atoms with van der Waals surface area (Å²) < 4.78 is 10.5. The minimum absolute atomic E-state index is 0.0361. The van der Waals surface area contributed by atoms with Gasteiger partial charge in [-0.05, 0) is 36.1 Å². The molecular weight excluding hydrogens is 344 g/mol. The van der Waals surface area contributed by atoms with Crippen molar-refractivity contribution in [2.45, 2.75) is 38.6 Å². The van der Waals surface area contributed by atoms with Gasteiger partial charge in [0.05, 0.1) is 19.6 Å². The van der Waals surface area contributed by atoms with Gasteiger partial charge in [0.25, 0.3) is 0 Å². The summed E-state index contributed by atoms with van der Waals surface area (Å²) in [5.41, 5.74) is 2.41. The highest BCUT2D eigenvalue weighted by atomic mass is 16.5. The van der Waals surface area contributed by atoms with Gasteiger partial charge in [0.2, 0.25) is 11.8 Å². The van der Waals surface area contributed by atoms with Crippen LogP contribution in [-0.4, -0.2) is 59.1 Å². The topological polar surface area (TPSA) is 71.7 Å². The standard InChI is InChI=1S/C20H26N4O3/c1-3-19-21-18(22-27-19)13-23-8-10-24(11-9-23)20(25)16-7-5-14-4-6-15(26-2)12-17(14)16/h4,6,12,16H,3,5,7-11,13H2,1-2H3. The first-order chi connectivity index (χ1) is 13.2. The van der Waals surface area contributed by atoms with Crippen molar-refractivity contribution in [3.63, 3.8) is 0 Å². The lowest BCUT2D eigenvalue weighted by atomic mass is 9.99. The number of carbonyl (C=O) groups excluding carboxylic acids is 1. The van der Waals surface area contributed by atoms with E-state index in [1.807, 2.05) is 24.0 Å². The number of nitrogens with zero attached hydrogens (tertiary/aromatic N) is 4. The maximum atomic E-state index is 13.1. The molecule has 0 N–H and O–H groups in total. The number of carbonyl (C=O) groups is 1. The molecule has 7 heteroatoms. The second-order valence-electron chi connectivity index (χ2n) is 7.22. The Labute approximate surface area is 159 Å². The van der Waals surface area contributed by atoms with Crippen molar-refractivity contribution in [2.24, 2.45) is 0 Å². The zero-order valence-electron chi connectivity index (χ0n) is 16.0. The van der Waals surface area contributed by atoms with Gasteiger partial charge in [0, 0.05) is 32.6 Å². The van der Waals surface area contributed by atoms with Crippen molar-refractivity contribution in [3.8, 4) is 5.75 Å². The molecular formula is C20H26N4O3. The fourth-order valence-corrected chi connectivity index (χ4v) is 4.01. The molecule has 1 aromatic heterocycles. The van der Waals surface area contributed by atoms with E-state index in [9.17, 15) is 4.79 Å². The number of aromatic nitrogens is 2. The molecule has 1 aromatic carbocycles. The van der Waals surface area contributed by atoms with Crippen LogP contribution in [0.1, 0.15) is 42.1 Å². The van der Waals surface area contributed by atoms with Gasteiger partial charge >= 0.3 is 0 Å². The van der Waals surface area contributed by atoms with Gasteiger partial charge < -0.3 is 14.2 Å². The van der Waals surface area contributed by atoms with Crippen LogP contribution in [0.4, 0.5) is 0 Å². The Bertz CT molecular complexity index is 811. The number of rotatable bonds is 5. The minimum Gasteiger partial charge on any atom is -0.497 e. The molecule has 1 amide bonds. The quantitative estimate of drug-likeness (QED) is 0.802. The summed E-state index contributed by atoms with van der Waals surface area (Å²) in [7, 11) is 1.67. The number of aryl methyl sites for hydroxylation is 2. The molecule has 1 atom stereocenters. The summed E-state index contributed by atoms with van der Waals surface area (Å²) in [6.45, 7) is 5.83. The number of hydrogen-bond acceptors (Lipinski definition) is 6. The maximum absolute atomic E-state index is 13.1. The van der Waals surface area contributed by atoms with Crippen LogP contribution in [0.2, 0.25) is 0 Å². The van der Waals surface area contributed by atoms with E-state index in [0.717, 1.165) is 62.6 Å². The van der Waals surface area contributed by atoms with Gasteiger partial charge in [-0.3, -0.25) is 9.69 Å². The Balaban J connectivity index is 1.35. The van der Waals surface area contributed by atoms with Crippen molar-refractivity contribution in [2.75, 3.05) is 33.3 Å². The highest BCUT2D eigenvalue weighted by Gasteiger charge is 2.33. The summed E-state index contributed by atoms with van der Waals surface area (Å²) in [5.74, 6) is 2.43. The average Bonchev–Trinajstić information content (AvgIpc) is 3.34. The zero-order chi connectivity index (χ0) is 18.8. The minimum atomic E-state index is -0.0361. The molecule has 1 aliphatic heterocycles. The Kier molecular flexibility index (Phi) is 5.11. The van der Waals surface area contributed by atoms with Crippen LogP contribution >= 0.6 is 0 Å². The summed E-state index contributed by atoms with van der Waals surface area (Å²) in [4.78, 5) is 21.7. The molecule has 4 rings (SSSR count). The third-order valence-corrected chi connectivity index (χ3v) is 5.59. The van der Waals surface area contributed by atoms with Crippen LogP contribution in [0, 0.1) is 0 Å². The van der Waals surface area contributed by atoms with Crippen molar-refractivity contribution in [3.05, 3.63) is 41.0 Å². The third-order valence-electron chi connectivity index (χ3n) is 5.59. The van der Waals surface area contributed by atoms with Crippen LogP contribution in [0.3, 0.4) is 0 Å². The second kappa shape index (κ2) is 7.68. The molecule has 0 spiro atoms. The van der Waals surface area contributed by atoms with Crippen LogP contribution in [-0.2, 0) is 24.2 Å². The van der Waals surface area contributed by atoms with E-state index in [1.165, 1.54) is 5.56 Å². The van der Waals surface area contributed by atoms with E-state index in [4.69, 9.17) is 9.26 Å². The summed E-state index contributed by atoms with van der Waals surface area (Å²) >= 11 is 0. The van der Waals surface area contributed by atoms with Gasteiger partial charge in [0.1, 0.15) is 5.75 Å². The zero-order valence-corrected chi connectivity index (χ0v) is 16.0. The molecule has 2 aliphatic rings. The molecule has 2 aromatic rings. The van der Waals surface area contributed by atoms with Crippen molar-refractivity contribution in [1.82, 2.24) is 19.9 Å².